The molecule has 3 nitrogen and oxygen atoms in total. The van der Waals surface area contributed by atoms with Gasteiger partial charge < -0.3 is 0 Å². The highest BCUT2D eigenvalue weighted by molar-refractivity contribution is 7.89. The van der Waals surface area contributed by atoms with Crippen LogP contribution < -0.4 is 4.72 Å². The average Bonchev–Trinajstić information content (AvgIpc) is 2.45. The fourth-order valence-corrected chi connectivity index (χ4v) is 3.86. The second kappa shape index (κ2) is 3.90. The van der Waals surface area contributed by atoms with Crippen LogP contribution in [0, 0.1) is 10.8 Å². The third kappa shape index (κ3) is 2.48. The van der Waals surface area contributed by atoms with Crippen molar-refractivity contribution in [2.75, 3.05) is 11.6 Å². The molecule has 1 N–H and O–H groups in total. The van der Waals surface area contributed by atoms with E-state index in [4.69, 9.17) is 11.6 Å². The minimum Gasteiger partial charge on any atom is -0.212 e. The SMILES string of the molecule is CC1(C)C(NS(=O)(=O)CCCCl)C1(C)C. The van der Waals surface area contributed by atoms with Crippen LogP contribution in [0.5, 0.6) is 0 Å². The summed E-state index contributed by atoms with van der Waals surface area (Å²) in [6.07, 6.45) is 0.504. The molecule has 1 aliphatic rings. The minimum atomic E-state index is -3.16. The molecule has 15 heavy (non-hydrogen) atoms. The van der Waals surface area contributed by atoms with E-state index in [1.54, 1.807) is 0 Å². The van der Waals surface area contributed by atoms with Crippen molar-refractivity contribution in [1.29, 1.82) is 0 Å². The molecule has 0 aromatic heterocycles. The number of alkyl halides is 1. The van der Waals surface area contributed by atoms with Crippen LogP contribution in [-0.4, -0.2) is 26.1 Å². The number of halogens is 1. The molecule has 0 bridgehead atoms. The van der Waals surface area contributed by atoms with Gasteiger partial charge in [0.1, 0.15) is 0 Å². The van der Waals surface area contributed by atoms with Crippen LogP contribution in [0.4, 0.5) is 0 Å². The summed E-state index contributed by atoms with van der Waals surface area (Å²) in [4.78, 5) is 0. The van der Waals surface area contributed by atoms with Gasteiger partial charge in [0.15, 0.2) is 0 Å². The zero-order valence-electron chi connectivity index (χ0n) is 9.80. The van der Waals surface area contributed by atoms with E-state index < -0.39 is 10.0 Å². The summed E-state index contributed by atoms with van der Waals surface area (Å²) in [5, 5.41) is 0. The quantitative estimate of drug-likeness (QED) is 0.762. The predicted molar refractivity (Wildman–Crippen MR) is 63.6 cm³/mol. The van der Waals surface area contributed by atoms with Gasteiger partial charge in [-0.1, -0.05) is 27.7 Å². The number of sulfonamides is 1. The van der Waals surface area contributed by atoms with Crippen LogP contribution in [0.15, 0.2) is 0 Å². The Labute approximate surface area is 97.6 Å². The zero-order valence-corrected chi connectivity index (χ0v) is 11.4. The van der Waals surface area contributed by atoms with Crippen LogP contribution in [0.3, 0.4) is 0 Å². The molecule has 0 unspecified atom stereocenters. The molecule has 0 aromatic carbocycles. The van der Waals surface area contributed by atoms with Gasteiger partial charge in [-0.3, -0.25) is 0 Å². The van der Waals surface area contributed by atoms with Crippen LogP contribution >= 0.6 is 11.6 Å². The molecule has 0 saturated heterocycles. The Bertz CT molecular complexity index is 321. The van der Waals surface area contributed by atoms with E-state index in [-0.39, 0.29) is 22.6 Å². The van der Waals surface area contributed by atoms with Gasteiger partial charge >= 0.3 is 0 Å². The summed E-state index contributed by atoms with van der Waals surface area (Å²) in [5.41, 5.74) is 0.0854. The summed E-state index contributed by atoms with van der Waals surface area (Å²) in [7, 11) is -3.16. The van der Waals surface area contributed by atoms with Crippen LogP contribution in [-0.2, 0) is 10.0 Å². The Balaban J connectivity index is 2.58. The molecule has 5 heteroatoms. The first kappa shape index (κ1) is 13.3. The lowest BCUT2D eigenvalue weighted by Crippen LogP contribution is -2.32. The van der Waals surface area contributed by atoms with Gasteiger partial charge in [0.25, 0.3) is 0 Å². The molecule has 0 aromatic rings. The summed E-state index contributed by atoms with van der Waals surface area (Å²) < 4.78 is 26.1. The third-order valence-corrected chi connectivity index (χ3v) is 5.55. The summed E-state index contributed by atoms with van der Waals surface area (Å²) in [6, 6.07) is 0.0466. The van der Waals surface area contributed by atoms with E-state index in [2.05, 4.69) is 32.4 Å². The van der Waals surface area contributed by atoms with Gasteiger partial charge in [0.05, 0.1) is 5.75 Å². The zero-order chi connectivity index (χ0) is 11.9. The van der Waals surface area contributed by atoms with Crippen molar-refractivity contribution < 1.29 is 8.42 Å². The van der Waals surface area contributed by atoms with E-state index in [0.717, 1.165) is 0 Å². The standard InChI is InChI=1S/C10H20ClNO2S/c1-9(2)8(10(9,3)4)12-15(13,14)7-5-6-11/h8,12H,5-7H2,1-4H3. The Morgan fingerprint density at radius 1 is 1.20 bits per heavy atom. The number of nitrogens with one attached hydrogen (secondary N) is 1. The van der Waals surface area contributed by atoms with Crippen LogP contribution in [0.1, 0.15) is 34.1 Å². The molecule has 0 spiro atoms. The van der Waals surface area contributed by atoms with Gasteiger partial charge in [-0.25, -0.2) is 13.1 Å². The van der Waals surface area contributed by atoms with E-state index in [0.29, 0.717) is 12.3 Å². The van der Waals surface area contributed by atoms with Gasteiger partial charge in [0.2, 0.25) is 10.0 Å². The van der Waals surface area contributed by atoms with Crippen molar-refractivity contribution in [2.24, 2.45) is 10.8 Å². The fraction of sp³-hybridized carbons (Fsp3) is 1.00. The molecule has 1 aliphatic carbocycles. The Kier molecular flexibility index (Phi) is 3.45. The number of hydrogen-bond donors (Lipinski definition) is 1. The normalized spacial score (nSPS) is 24.1. The topological polar surface area (TPSA) is 46.2 Å². The molecule has 90 valence electrons. The second-order valence-electron chi connectivity index (χ2n) is 5.36. The molecule has 0 heterocycles. The molecular formula is C10H20ClNO2S. The molecule has 0 amide bonds. The number of hydrogen-bond acceptors (Lipinski definition) is 2. The minimum absolute atomic E-state index is 0.0427. The molecule has 0 atom stereocenters. The van der Waals surface area contributed by atoms with Crippen molar-refractivity contribution >= 4 is 21.6 Å². The van der Waals surface area contributed by atoms with Crippen molar-refractivity contribution in [3.63, 3.8) is 0 Å². The van der Waals surface area contributed by atoms with Crippen molar-refractivity contribution in [3.05, 3.63) is 0 Å². The Morgan fingerprint density at radius 3 is 2.00 bits per heavy atom. The highest BCUT2D eigenvalue weighted by Crippen LogP contribution is 2.62. The highest BCUT2D eigenvalue weighted by Gasteiger charge is 2.65. The smallest absolute Gasteiger partial charge is 0.211 e. The fourth-order valence-electron chi connectivity index (χ4n) is 1.97. The number of rotatable bonds is 5. The average molecular weight is 254 g/mol. The van der Waals surface area contributed by atoms with E-state index in [9.17, 15) is 8.42 Å². The second-order valence-corrected chi connectivity index (χ2v) is 7.61. The summed E-state index contributed by atoms with van der Waals surface area (Å²) in [5.74, 6) is 0.511. The molecule has 1 fully saturated rings. The maximum Gasteiger partial charge on any atom is 0.211 e. The van der Waals surface area contributed by atoms with E-state index in [1.807, 2.05) is 0 Å². The first-order chi connectivity index (χ1) is 6.65. The summed E-state index contributed by atoms with van der Waals surface area (Å²) >= 11 is 5.48. The van der Waals surface area contributed by atoms with Crippen molar-refractivity contribution in [1.82, 2.24) is 4.72 Å². The van der Waals surface area contributed by atoms with Crippen molar-refractivity contribution in [3.8, 4) is 0 Å². The Morgan fingerprint density at radius 2 is 1.67 bits per heavy atom. The van der Waals surface area contributed by atoms with Gasteiger partial charge in [-0.15, -0.1) is 11.6 Å². The molecule has 0 radical (unpaired) electrons. The lowest BCUT2D eigenvalue weighted by molar-refractivity contribution is 0.457. The maximum atomic E-state index is 11.6. The first-order valence-corrected chi connectivity index (χ1v) is 7.40. The molecule has 1 rings (SSSR count). The molecule has 1 saturated carbocycles. The van der Waals surface area contributed by atoms with E-state index in [1.165, 1.54) is 0 Å². The van der Waals surface area contributed by atoms with Crippen LogP contribution in [0.25, 0.3) is 0 Å². The van der Waals surface area contributed by atoms with E-state index >= 15 is 0 Å². The third-order valence-electron chi connectivity index (χ3n) is 3.86. The van der Waals surface area contributed by atoms with Gasteiger partial charge in [-0.2, -0.15) is 0 Å². The summed E-state index contributed by atoms with van der Waals surface area (Å²) in [6.45, 7) is 8.34. The molecule has 0 aliphatic heterocycles. The predicted octanol–water partition coefficient (Wildman–Crippen LogP) is 1.97. The van der Waals surface area contributed by atoms with Gasteiger partial charge in [-0.05, 0) is 17.3 Å². The monoisotopic (exact) mass is 253 g/mol. The van der Waals surface area contributed by atoms with Crippen LogP contribution in [0.2, 0.25) is 0 Å². The largest absolute Gasteiger partial charge is 0.212 e. The van der Waals surface area contributed by atoms with Crippen molar-refractivity contribution in [2.45, 2.75) is 40.2 Å². The highest BCUT2D eigenvalue weighted by atomic mass is 35.5. The first-order valence-electron chi connectivity index (χ1n) is 5.21. The molecular weight excluding hydrogens is 234 g/mol. The lowest BCUT2D eigenvalue weighted by atomic mass is 10.0. The lowest BCUT2D eigenvalue weighted by Gasteiger charge is -2.06. The van der Waals surface area contributed by atoms with Gasteiger partial charge in [0, 0.05) is 11.9 Å². The maximum absolute atomic E-state index is 11.6. The Hall–Kier alpha value is 0.200.